The average molecular weight is 210 g/mol. The molecule has 0 fully saturated rings. The Labute approximate surface area is 87.7 Å². The molecule has 0 aliphatic heterocycles. The van der Waals surface area contributed by atoms with Crippen molar-refractivity contribution in [3.8, 4) is 17.2 Å². The first kappa shape index (κ1) is 11.2. The number of nitrogens with two attached hydrogens (primary N) is 1. The highest BCUT2D eigenvalue weighted by molar-refractivity contribution is 5.89. The smallest absolute Gasteiger partial charge is 0.235 e. The van der Waals surface area contributed by atoms with Gasteiger partial charge in [0.15, 0.2) is 11.5 Å². The van der Waals surface area contributed by atoms with Crippen molar-refractivity contribution in [2.45, 2.75) is 0 Å². The molecule has 0 saturated heterocycles. The van der Waals surface area contributed by atoms with Crippen LogP contribution in [0.25, 0.3) is 0 Å². The summed E-state index contributed by atoms with van der Waals surface area (Å²) in [6.07, 6.45) is 1.71. The van der Waals surface area contributed by atoms with Crippen molar-refractivity contribution in [2.75, 3.05) is 27.1 Å². The Bertz CT molecular complexity index is 376. The summed E-state index contributed by atoms with van der Waals surface area (Å²) in [4.78, 5) is 10.6. The first-order chi connectivity index (χ1) is 7.19. The van der Waals surface area contributed by atoms with Crippen molar-refractivity contribution < 1.29 is 19.0 Å². The van der Waals surface area contributed by atoms with E-state index in [1.54, 1.807) is 6.29 Å². The number of carbonyl (C=O) groups excluding carboxylic acids is 1. The zero-order valence-electron chi connectivity index (χ0n) is 8.79. The summed E-state index contributed by atoms with van der Waals surface area (Å²) in [7, 11) is 4.36. The number of hydrogen-bond donors (Lipinski definition) is 1. The van der Waals surface area contributed by atoms with Gasteiger partial charge in [0, 0.05) is 0 Å². The molecular weight excluding hydrogens is 198 g/mol. The van der Waals surface area contributed by atoms with Crippen molar-refractivity contribution in [1.82, 2.24) is 0 Å². The summed E-state index contributed by atoms with van der Waals surface area (Å²) < 4.78 is 15.2. The Morgan fingerprint density at radius 3 is 2.13 bits per heavy atom. The number of benzene rings is 1. The number of nitrogen functional groups attached to an aromatic ring is 1. The maximum absolute atomic E-state index is 10.6. The van der Waals surface area contributed by atoms with Crippen LogP contribution in [0.5, 0.6) is 17.2 Å². The largest absolute Gasteiger partial charge is 0.493 e. The monoisotopic (exact) mass is 210 g/mol. The molecule has 1 aromatic carbocycles. The van der Waals surface area contributed by atoms with Crippen LogP contribution in [-0.2, 0) is 4.79 Å². The molecule has 2 N–H and O–H groups in total. The van der Waals surface area contributed by atoms with Gasteiger partial charge in [-0.2, -0.15) is 0 Å². The molecule has 0 aromatic heterocycles. The van der Waals surface area contributed by atoms with Gasteiger partial charge in [-0.15, -0.1) is 0 Å². The molecule has 0 aliphatic rings. The highest BCUT2D eigenvalue weighted by Crippen LogP contribution is 2.42. The fourth-order valence-corrected chi connectivity index (χ4v) is 1.26. The van der Waals surface area contributed by atoms with Crippen LogP contribution in [0.2, 0.25) is 0 Å². The summed E-state index contributed by atoms with van der Waals surface area (Å²) in [5.74, 6) is 1.01. The van der Waals surface area contributed by atoms with Crippen molar-refractivity contribution in [1.29, 1.82) is 0 Å². The van der Waals surface area contributed by atoms with E-state index in [-0.39, 0.29) is 17.0 Å². The van der Waals surface area contributed by atoms with Crippen LogP contribution < -0.4 is 19.9 Å². The lowest BCUT2D eigenvalue weighted by molar-refractivity contribution is 0.325. The summed E-state index contributed by atoms with van der Waals surface area (Å²) in [6.45, 7) is 0. The molecule has 1 aromatic rings. The second-order valence-corrected chi connectivity index (χ2v) is 2.71. The standard InChI is InChI=1S/C10H12NO4/c1-13-7-4-6(5-12)8(11)10(15-3)9(7)14-2/h4H,11H2,1-3H3. The fourth-order valence-electron chi connectivity index (χ4n) is 1.26. The van der Waals surface area contributed by atoms with E-state index in [1.807, 2.05) is 0 Å². The second-order valence-electron chi connectivity index (χ2n) is 2.71. The van der Waals surface area contributed by atoms with E-state index >= 15 is 0 Å². The molecule has 0 amide bonds. The van der Waals surface area contributed by atoms with Crippen LogP contribution in [0, 0.1) is 0 Å². The van der Waals surface area contributed by atoms with Crippen LogP contribution >= 0.6 is 0 Å². The molecule has 5 nitrogen and oxygen atoms in total. The molecular formula is C10H12NO4. The fraction of sp³-hybridized carbons (Fsp3) is 0.300. The van der Waals surface area contributed by atoms with E-state index in [0.29, 0.717) is 11.5 Å². The number of hydrogen-bond acceptors (Lipinski definition) is 5. The summed E-state index contributed by atoms with van der Waals surface area (Å²) in [5.41, 5.74) is 6.05. The van der Waals surface area contributed by atoms with Crippen molar-refractivity contribution in [2.24, 2.45) is 0 Å². The predicted octanol–water partition coefficient (Wildman–Crippen LogP) is 0.752. The van der Waals surface area contributed by atoms with Gasteiger partial charge >= 0.3 is 0 Å². The van der Waals surface area contributed by atoms with Gasteiger partial charge in [0.2, 0.25) is 12.0 Å². The van der Waals surface area contributed by atoms with Gasteiger partial charge < -0.3 is 19.9 Å². The summed E-state index contributed by atoms with van der Waals surface area (Å²) in [5, 5.41) is 0. The SMILES string of the molecule is COc1cc([C]=O)c(N)c(OC)c1OC. The van der Waals surface area contributed by atoms with Crippen LogP contribution in [0.15, 0.2) is 6.07 Å². The van der Waals surface area contributed by atoms with Crippen LogP contribution in [0.4, 0.5) is 5.69 Å². The molecule has 0 spiro atoms. The summed E-state index contributed by atoms with van der Waals surface area (Å²) in [6, 6.07) is 1.45. The maximum Gasteiger partial charge on any atom is 0.235 e. The Hall–Kier alpha value is -1.91. The van der Waals surface area contributed by atoms with Gasteiger partial charge in [0.25, 0.3) is 0 Å². The predicted molar refractivity (Wildman–Crippen MR) is 55.3 cm³/mol. The number of methoxy groups -OCH3 is 3. The average Bonchev–Trinajstić information content (AvgIpc) is 2.28. The van der Waals surface area contributed by atoms with Gasteiger partial charge in [0.05, 0.1) is 32.6 Å². The Balaban J connectivity index is 3.49. The zero-order valence-corrected chi connectivity index (χ0v) is 8.79. The number of ether oxygens (including phenoxy) is 3. The molecule has 0 atom stereocenters. The minimum atomic E-state index is 0.185. The number of rotatable bonds is 4. The lowest BCUT2D eigenvalue weighted by atomic mass is 10.1. The zero-order chi connectivity index (χ0) is 11.4. The Morgan fingerprint density at radius 2 is 1.73 bits per heavy atom. The van der Waals surface area contributed by atoms with E-state index in [2.05, 4.69) is 0 Å². The van der Waals surface area contributed by atoms with Crippen molar-refractivity contribution >= 4 is 12.0 Å². The van der Waals surface area contributed by atoms with E-state index in [0.717, 1.165) is 0 Å². The molecule has 0 bridgehead atoms. The van der Waals surface area contributed by atoms with E-state index in [9.17, 15) is 4.79 Å². The molecule has 1 radical (unpaired) electrons. The van der Waals surface area contributed by atoms with Crippen LogP contribution in [0.1, 0.15) is 5.56 Å². The van der Waals surface area contributed by atoms with Crippen molar-refractivity contribution in [3.63, 3.8) is 0 Å². The second kappa shape index (κ2) is 4.54. The first-order valence-corrected chi connectivity index (χ1v) is 4.16. The molecule has 0 heterocycles. The number of anilines is 1. The molecule has 5 heteroatoms. The normalized spacial score (nSPS) is 9.53. The Morgan fingerprint density at radius 1 is 1.13 bits per heavy atom. The third-order valence-electron chi connectivity index (χ3n) is 1.98. The van der Waals surface area contributed by atoms with Crippen LogP contribution in [0.3, 0.4) is 0 Å². The van der Waals surface area contributed by atoms with Crippen LogP contribution in [-0.4, -0.2) is 27.6 Å². The van der Waals surface area contributed by atoms with Gasteiger partial charge in [-0.1, -0.05) is 0 Å². The van der Waals surface area contributed by atoms with Gasteiger partial charge in [0.1, 0.15) is 0 Å². The lowest BCUT2D eigenvalue weighted by Gasteiger charge is -2.14. The molecule has 0 saturated carbocycles. The maximum atomic E-state index is 10.6. The molecule has 0 aliphatic carbocycles. The molecule has 81 valence electrons. The quantitative estimate of drug-likeness (QED) is 0.742. The van der Waals surface area contributed by atoms with E-state index in [4.69, 9.17) is 19.9 Å². The molecule has 1 rings (SSSR count). The third-order valence-corrected chi connectivity index (χ3v) is 1.98. The highest BCUT2D eigenvalue weighted by atomic mass is 16.5. The Kier molecular flexibility index (Phi) is 3.38. The topological polar surface area (TPSA) is 70.8 Å². The minimum absolute atomic E-state index is 0.185. The molecule has 15 heavy (non-hydrogen) atoms. The van der Waals surface area contributed by atoms with E-state index in [1.165, 1.54) is 27.4 Å². The third kappa shape index (κ3) is 1.81. The van der Waals surface area contributed by atoms with Gasteiger partial charge in [-0.25, -0.2) is 0 Å². The first-order valence-electron chi connectivity index (χ1n) is 4.16. The summed E-state index contributed by atoms with van der Waals surface area (Å²) >= 11 is 0. The minimum Gasteiger partial charge on any atom is -0.493 e. The lowest BCUT2D eigenvalue weighted by Crippen LogP contribution is -2.02. The van der Waals surface area contributed by atoms with Gasteiger partial charge in [-0.05, 0) is 6.07 Å². The molecule has 0 unspecified atom stereocenters. The van der Waals surface area contributed by atoms with E-state index < -0.39 is 0 Å². The van der Waals surface area contributed by atoms with Gasteiger partial charge in [-0.3, -0.25) is 4.79 Å². The van der Waals surface area contributed by atoms with Crippen molar-refractivity contribution in [3.05, 3.63) is 11.6 Å². The highest BCUT2D eigenvalue weighted by Gasteiger charge is 2.18.